The van der Waals surface area contributed by atoms with Crippen LogP contribution in [0.15, 0.2) is 48.5 Å². The Morgan fingerprint density at radius 2 is 1.60 bits per heavy atom. The molecule has 2 rings (SSSR count). The van der Waals surface area contributed by atoms with Crippen LogP contribution in [0, 0.1) is 5.82 Å². The van der Waals surface area contributed by atoms with Crippen molar-refractivity contribution < 1.29 is 17.6 Å². The van der Waals surface area contributed by atoms with E-state index < -0.39 is 17.6 Å². The van der Waals surface area contributed by atoms with Crippen LogP contribution in [-0.2, 0) is 19.3 Å². The van der Waals surface area contributed by atoms with Gasteiger partial charge >= 0.3 is 6.18 Å². The molecule has 0 bridgehead atoms. The molecule has 0 amide bonds. The maximum atomic E-state index is 12.9. The molecule has 0 aliphatic rings. The fourth-order valence-corrected chi connectivity index (χ4v) is 1.90. The predicted molar refractivity (Wildman–Crippen MR) is 68.4 cm³/mol. The quantitative estimate of drug-likeness (QED) is 0.832. The molecule has 0 saturated carbocycles. The molecule has 2 aromatic carbocycles. The number of rotatable bonds is 4. The fourth-order valence-electron chi connectivity index (χ4n) is 1.90. The number of benzene rings is 2. The van der Waals surface area contributed by atoms with Crippen LogP contribution < -0.4 is 5.32 Å². The number of hydrogen-bond donors (Lipinski definition) is 1. The fraction of sp³-hybridized carbons (Fsp3) is 0.200. The molecule has 5 heteroatoms. The van der Waals surface area contributed by atoms with Gasteiger partial charge < -0.3 is 5.32 Å². The zero-order valence-electron chi connectivity index (χ0n) is 10.5. The maximum Gasteiger partial charge on any atom is 0.416 e. The van der Waals surface area contributed by atoms with Gasteiger partial charge in [0.1, 0.15) is 5.82 Å². The SMILES string of the molecule is Fc1ccc(CNCc2ccccc2)c(C(F)(F)F)c1. The van der Waals surface area contributed by atoms with E-state index in [0.717, 1.165) is 17.7 Å². The highest BCUT2D eigenvalue weighted by molar-refractivity contribution is 5.30. The molecule has 20 heavy (non-hydrogen) atoms. The average molecular weight is 283 g/mol. The first kappa shape index (κ1) is 14.5. The Bertz CT molecular complexity index is 564. The van der Waals surface area contributed by atoms with Gasteiger partial charge in [0, 0.05) is 13.1 Å². The summed E-state index contributed by atoms with van der Waals surface area (Å²) >= 11 is 0. The van der Waals surface area contributed by atoms with Gasteiger partial charge in [-0.1, -0.05) is 36.4 Å². The van der Waals surface area contributed by atoms with Gasteiger partial charge in [-0.3, -0.25) is 0 Å². The summed E-state index contributed by atoms with van der Waals surface area (Å²) in [6, 6.07) is 12.1. The van der Waals surface area contributed by atoms with Crippen LogP contribution in [0.4, 0.5) is 17.6 Å². The van der Waals surface area contributed by atoms with Gasteiger partial charge in [0.05, 0.1) is 5.56 Å². The van der Waals surface area contributed by atoms with Crippen molar-refractivity contribution in [1.82, 2.24) is 5.32 Å². The molecule has 0 fully saturated rings. The highest BCUT2D eigenvalue weighted by Crippen LogP contribution is 2.32. The van der Waals surface area contributed by atoms with E-state index in [-0.39, 0.29) is 12.1 Å². The topological polar surface area (TPSA) is 12.0 Å². The Labute approximate surface area is 114 Å². The van der Waals surface area contributed by atoms with E-state index in [1.165, 1.54) is 0 Å². The number of hydrogen-bond acceptors (Lipinski definition) is 1. The van der Waals surface area contributed by atoms with Crippen molar-refractivity contribution in [3.05, 3.63) is 71.0 Å². The second-order valence-corrected chi connectivity index (χ2v) is 4.39. The van der Waals surface area contributed by atoms with Crippen LogP contribution in [-0.4, -0.2) is 0 Å². The van der Waals surface area contributed by atoms with Crippen molar-refractivity contribution in [3.63, 3.8) is 0 Å². The maximum absolute atomic E-state index is 12.9. The molecule has 0 aromatic heterocycles. The molecule has 1 N–H and O–H groups in total. The van der Waals surface area contributed by atoms with Gasteiger partial charge in [0.2, 0.25) is 0 Å². The van der Waals surface area contributed by atoms with Crippen LogP contribution >= 0.6 is 0 Å². The van der Waals surface area contributed by atoms with E-state index in [4.69, 9.17) is 0 Å². The van der Waals surface area contributed by atoms with E-state index in [1.807, 2.05) is 30.3 Å². The lowest BCUT2D eigenvalue weighted by Crippen LogP contribution is -2.17. The highest BCUT2D eigenvalue weighted by Gasteiger charge is 2.33. The lowest BCUT2D eigenvalue weighted by atomic mass is 10.1. The minimum atomic E-state index is -4.55. The van der Waals surface area contributed by atoms with Gasteiger partial charge in [-0.2, -0.15) is 13.2 Å². The van der Waals surface area contributed by atoms with Crippen molar-refractivity contribution in [1.29, 1.82) is 0 Å². The summed E-state index contributed by atoms with van der Waals surface area (Å²) in [5.41, 5.74) is 0.0797. The van der Waals surface area contributed by atoms with Crippen LogP contribution in [0.1, 0.15) is 16.7 Å². The predicted octanol–water partition coefficient (Wildman–Crippen LogP) is 4.13. The third kappa shape index (κ3) is 3.81. The van der Waals surface area contributed by atoms with E-state index in [9.17, 15) is 17.6 Å². The average Bonchev–Trinajstić information content (AvgIpc) is 2.40. The summed E-state index contributed by atoms with van der Waals surface area (Å²) in [6.45, 7) is 0.486. The lowest BCUT2D eigenvalue weighted by Gasteiger charge is -2.13. The van der Waals surface area contributed by atoms with Crippen LogP contribution in [0.2, 0.25) is 0 Å². The third-order valence-electron chi connectivity index (χ3n) is 2.86. The molecule has 0 saturated heterocycles. The Hall–Kier alpha value is -1.88. The molecular weight excluding hydrogens is 270 g/mol. The summed E-state index contributed by atoms with van der Waals surface area (Å²) in [7, 11) is 0. The Balaban J connectivity index is 2.06. The summed E-state index contributed by atoms with van der Waals surface area (Å²) in [4.78, 5) is 0. The summed E-state index contributed by atoms with van der Waals surface area (Å²) < 4.78 is 51.3. The van der Waals surface area contributed by atoms with Crippen molar-refractivity contribution >= 4 is 0 Å². The monoisotopic (exact) mass is 283 g/mol. The molecule has 2 aromatic rings. The normalized spacial score (nSPS) is 11.6. The van der Waals surface area contributed by atoms with E-state index in [0.29, 0.717) is 12.6 Å². The smallest absolute Gasteiger partial charge is 0.309 e. The molecule has 0 aliphatic carbocycles. The van der Waals surface area contributed by atoms with Gasteiger partial charge in [-0.05, 0) is 23.3 Å². The van der Waals surface area contributed by atoms with E-state index in [1.54, 1.807) is 0 Å². The molecule has 0 heterocycles. The number of halogens is 4. The van der Waals surface area contributed by atoms with Crippen molar-refractivity contribution in [2.75, 3.05) is 0 Å². The van der Waals surface area contributed by atoms with Crippen LogP contribution in [0.3, 0.4) is 0 Å². The lowest BCUT2D eigenvalue weighted by molar-refractivity contribution is -0.138. The number of nitrogens with one attached hydrogen (secondary N) is 1. The largest absolute Gasteiger partial charge is 0.416 e. The molecule has 106 valence electrons. The summed E-state index contributed by atoms with van der Waals surface area (Å²) in [5, 5.41) is 2.93. The Morgan fingerprint density at radius 3 is 2.25 bits per heavy atom. The molecule has 0 unspecified atom stereocenters. The molecular formula is C15H13F4N. The summed E-state index contributed by atoms with van der Waals surface area (Å²) in [6.07, 6.45) is -4.55. The van der Waals surface area contributed by atoms with Gasteiger partial charge in [-0.25, -0.2) is 4.39 Å². The first-order chi connectivity index (χ1) is 9.47. The standard InChI is InChI=1S/C15H13F4N/c16-13-7-6-12(14(8-13)15(17,18)19)10-20-9-11-4-2-1-3-5-11/h1-8,20H,9-10H2. The molecule has 0 radical (unpaired) electrons. The van der Waals surface area contributed by atoms with Crippen molar-refractivity contribution in [3.8, 4) is 0 Å². The third-order valence-corrected chi connectivity index (χ3v) is 2.86. The van der Waals surface area contributed by atoms with Gasteiger partial charge in [0.15, 0.2) is 0 Å². The Kier molecular flexibility index (Phi) is 4.39. The second kappa shape index (κ2) is 6.05. The van der Waals surface area contributed by atoms with E-state index >= 15 is 0 Å². The first-order valence-corrected chi connectivity index (χ1v) is 6.07. The van der Waals surface area contributed by atoms with Crippen LogP contribution in [0.25, 0.3) is 0 Å². The van der Waals surface area contributed by atoms with E-state index in [2.05, 4.69) is 5.32 Å². The van der Waals surface area contributed by atoms with Gasteiger partial charge in [-0.15, -0.1) is 0 Å². The zero-order valence-corrected chi connectivity index (χ0v) is 10.5. The summed E-state index contributed by atoms with van der Waals surface area (Å²) in [5.74, 6) is -0.885. The highest BCUT2D eigenvalue weighted by atomic mass is 19.4. The van der Waals surface area contributed by atoms with Crippen molar-refractivity contribution in [2.24, 2.45) is 0 Å². The first-order valence-electron chi connectivity index (χ1n) is 6.07. The zero-order chi connectivity index (χ0) is 14.6. The molecule has 0 atom stereocenters. The molecule has 0 spiro atoms. The minimum absolute atomic E-state index is 0.0318. The van der Waals surface area contributed by atoms with Crippen molar-refractivity contribution in [2.45, 2.75) is 19.3 Å². The van der Waals surface area contributed by atoms with Gasteiger partial charge in [0.25, 0.3) is 0 Å². The number of alkyl halides is 3. The Morgan fingerprint density at radius 1 is 0.900 bits per heavy atom. The molecule has 0 aliphatic heterocycles. The second-order valence-electron chi connectivity index (χ2n) is 4.39. The molecule has 1 nitrogen and oxygen atoms in total. The minimum Gasteiger partial charge on any atom is -0.309 e. The van der Waals surface area contributed by atoms with Crippen LogP contribution in [0.5, 0.6) is 0 Å².